The molecule has 160 valence electrons. The van der Waals surface area contributed by atoms with Crippen LogP contribution < -0.4 is 9.47 Å². The first-order valence-electron chi connectivity index (χ1n) is 9.72. The highest BCUT2D eigenvalue weighted by Gasteiger charge is 2.25. The van der Waals surface area contributed by atoms with Gasteiger partial charge in [0.25, 0.3) is 0 Å². The maximum Gasteiger partial charge on any atom is 0.197 e. The van der Waals surface area contributed by atoms with E-state index in [1.807, 2.05) is 0 Å². The number of ketones is 2. The normalized spacial score (nSPS) is 10.8. The SMILES string of the molecule is COc1ccc2c(C(=O)c3ccc(F)cc3)c(OC)c(C(=O)c3ccc(F)cc3)cc2c1. The molecule has 0 aliphatic carbocycles. The van der Waals surface area contributed by atoms with Gasteiger partial charge in [-0.25, -0.2) is 8.78 Å². The average Bonchev–Trinajstić information content (AvgIpc) is 2.82. The van der Waals surface area contributed by atoms with Crippen molar-refractivity contribution >= 4 is 22.3 Å². The first-order chi connectivity index (χ1) is 15.4. The van der Waals surface area contributed by atoms with E-state index < -0.39 is 23.2 Å². The molecule has 0 radical (unpaired) electrons. The second kappa shape index (κ2) is 8.59. The van der Waals surface area contributed by atoms with Crippen molar-refractivity contribution in [3.05, 3.63) is 107 Å². The monoisotopic (exact) mass is 432 g/mol. The quantitative estimate of drug-likeness (QED) is 0.373. The van der Waals surface area contributed by atoms with Gasteiger partial charge in [0.15, 0.2) is 11.6 Å². The summed E-state index contributed by atoms with van der Waals surface area (Å²) in [4.78, 5) is 26.8. The lowest BCUT2D eigenvalue weighted by Gasteiger charge is -2.16. The fourth-order valence-electron chi connectivity index (χ4n) is 3.60. The Morgan fingerprint density at radius 3 is 1.78 bits per heavy atom. The zero-order valence-electron chi connectivity index (χ0n) is 17.3. The molecule has 0 saturated carbocycles. The Kier molecular flexibility index (Phi) is 5.69. The standard InChI is InChI=1S/C26H18F2O4/c1-31-20-11-12-21-17(13-20)14-22(24(29)15-3-7-18(27)8-4-15)26(32-2)23(21)25(30)16-5-9-19(28)10-6-16/h3-14H,1-2H3. The van der Waals surface area contributed by atoms with Crippen LogP contribution in [0.1, 0.15) is 31.8 Å². The van der Waals surface area contributed by atoms with Gasteiger partial charge in [0.05, 0.1) is 25.3 Å². The minimum atomic E-state index is -0.469. The van der Waals surface area contributed by atoms with Crippen molar-refractivity contribution in [1.82, 2.24) is 0 Å². The Labute approximate surface area is 183 Å². The van der Waals surface area contributed by atoms with E-state index in [0.29, 0.717) is 16.5 Å². The van der Waals surface area contributed by atoms with E-state index in [-0.39, 0.29) is 28.0 Å². The number of methoxy groups -OCH3 is 2. The number of hydrogen-bond acceptors (Lipinski definition) is 4. The zero-order chi connectivity index (χ0) is 22.8. The number of carbonyl (C=O) groups excluding carboxylic acids is 2. The number of rotatable bonds is 6. The van der Waals surface area contributed by atoms with Gasteiger partial charge in [-0.3, -0.25) is 9.59 Å². The molecule has 0 amide bonds. The van der Waals surface area contributed by atoms with Crippen LogP contribution in [0.2, 0.25) is 0 Å². The summed E-state index contributed by atoms with van der Waals surface area (Å²) in [6.45, 7) is 0. The molecule has 4 aromatic carbocycles. The molecule has 4 nitrogen and oxygen atoms in total. The molecular weight excluding hydrogens is 414 g/mol. The summed E-state index contributed by atoms with van der Waals surface area (Å²) in [6, 6.07) is 17.0. The van der Waals surface area contributed by atoms with Gasteiger partial charge in [-0.05, 0) is 83.6 Å². The molecule has 0 atom stereocenters. The molecule has 0 saturated heterocycles. The van der Waals surface area contributed by atoms with Crippen LogP contribution in [0.25, 0.3) is 10.8 Å². The van der Waals surface area contributed by atoms with Crippen LogP contribution in [0.3, 0.4) is 0 Å². The number of fused-ring (bicyclic) bond motifs is 1. The Morgan fingerprint density at radius 2 is 1.25 bits per heavy atom. The van der Waals surface area contributed by atoms with Gasteiger partial charge in [-0.2, -0.15) is 0 Å². The lowest BCUT2D eigenvalue weighted by Crippen LogP contribution is -2.11. The third-order valence-electron chi connectivity index (χ3n) is 5.19. The maximum atomic E-state index is 13.5. The summed E-state index contributed by atoms with van der Waals surface area (Å²) in [7, 11) is 2.88. The van der Waals surface area contributed by atoms with Gasteiger partial charge in [-0.1, -0.05) is 0 Å². The highest BCUT2D eigenvalue weighted by Crippen LogP contribution is 2.37. The average molecular weight is 432 g/mol. The molecule has 0 aliphatic heterocycles. The Morgan fingerprint density at radius 1 is 0.688 bits per heavy atom. The summed E-state index contributed by atoms with van der Waals surface area (Å²) in [5, 5.41) is 1.13. The molecule has 6 heteroatoms. The third-order valence-corrected chi connectivity index (χ3v) is 5.19. The lowest BCUT2D eigenvalue weighted by molar-refractivity contribution is 0.103. The van der Waals surface area contributed by atoms with E-state index >= 15 is 0 Å². The molecule has 4 rings (SSSR count). The summed E-state index contributed by atoms with van der Waals surface area (Å²) in [5.41, 5.74) is 0.801. The molecule has 0 spiro atoms. The van der Waals surface area contributed by atoms with Gasteiger partial charge in [0.2, 0.25) is 0 Å². The van der Waals surface area contributed by atoms with Crippen molar-refractivity contribution in [2.45, 2.75) is 0 Å². The lowest BCUT2D eigenvalue weighted by atomic mass is 9.90. The van der Waals surface area contributed by atoms with E-state index in [4.69, 9.17) is 9.47 Å². The highest BCUT2D eigenvalue weighted by molar-refractivity contribution is 6.22. The predicted molar refractivity (Wildman–Crippen MR) is 117 cm³/mol. The summed E-state index contributed by atoms with van der Waals surface area (Å²) < 4.78 is 37.6. The van der Waals surface area contributed by atoms with Gasteiger partial charge in [0, 0.05) is 11.1 Å². The summed E-state index contributed by atoms with van der Waals surface area (Å²) in [5.74, 6) is -1.16. The van der Waals surface area contributed by atoms with E-state index in [0.717, 1.165) is 0 Å². The second-order valence-corrected chi connectivity index (χ2v) is 7.09. The topological polar surface area (TPSA) is 52.6 Å². The van der Waals surface area contributed by atoms with E-state index in [1.54, 1.807) is 24.3 Å². The van der Waals surface area contributed by atoms with Crippen molar-refractivity contribution in [2.75, 3.05) is 14.2 Å². The van der Waals surface area contributed by atoms with E-state index in [9.17, 15) is 18.4 Å². The molecule has 4 aromatic rings. The minimum Gasteiger partial charge on any atom is -0.497 e. The van der Waals surface area contributed by atoms with Crippen LogP contribution in [0.5, 0.6) is 11.5 Å². The number of benzene rings is 4. The number of carbonyl (C=O) groups is 2. The Balaban J connectivity index is 1.99. The van der Waals surface area contributed by atoms with Crippen LogP contribution in [-0.2, 0) is 0 Å². The van der Waals surface area contributed by atoms with Gasteiger partial charge >= 0.3 is 0 Å². The van der Waals surface area contributed by atoms with Crippen LogP contribution >= 0.6 is 0 Å². The second-order valence-electron chi connectivity index (χ2n) is 7.09. The number of halogens is 2. The van der Waals surface area contributed by atoms with Crippen LogP contribution in [0.4, 0.5) is 8.78 Å². The van der Waals surface area contributed by atoms with Crippen molar-refractivity contribution in [2.24, 2.45) is 0 Å². The molecular formula is C26H18F2O4. The molecule has 0 heterocycles. The largest absolute Gasteiger partial charge is 0.497 e. The zero-order valence-corrected chi connectivity index (χ0v) is 17.3. The van der Waals surface area contributed by atoms with Crippen LogP contribution in [0, 0.1) is 11.6 Å². The first-order valence-corrected chi connectivity index (χ1v) is 9.72. The number of ether oxygens (including phenoxy) is 2. The molecule has 32 heavy (non-hydrogen) atoms. The molecule has 0 bridgehead atoms. The fraction of sp³-hybridized carbons (Fsp3) is 0.0769. The summed E-state index contributed by atoms with van der Waals surface area (Å²) >= 11 is 0. The van der Waals surface area contributed by atoms with E-state index in [2.05, 4.69) is 0 Å². The first kappa shape index (κ1) is 21.2. The predicted octanol–water partition coefficient (Wildman–Crippen LogP) is 5.60. The maximum absolute atomic E-state index is 13.5. The van der Waals surface area contributed by atoms with Gasteiger partial charge in [-0.15, -0.1) is 0 Å². The van der Waals surface area contributed by atoms with Crippen molar-refractivity contribution in [3.63, 3.8) is 0 Å². The molecule has 0 N–H and O–H groups in total. The molecule has 0 aliphatic rings. The molecule has 0 fully saturated rings. The smallest absolute Gasteiger partial charge is 0.197 e. The van der Waals surface area contributed by atoms with Crippen molar-refractivity contribution in [3.8, 4) is 11.5 Å². The van der Waals surface area contributed by atoms with Crippen LogP contribution in [-0.4, -0.2) is 25.8 Å². The molecule has 0 aromatic heterocycles. The van der Waals surface area contributed by atoms with Crippen molar-refractivity contribution < 1.29 is 27.8 Å². The van der Waals surface area contributed by atoms with Crippen LogP contribution in [0.15, 0.2) is 72.8 Å². The van der Waals surface area contributed by atoms with E-state index in [1.165, 1.54) is 62.8 Å². The Bertz CT molecular complexity index is 1330. The Hall–Kier alpha value is -4.06. The third kappa shape index (κ3) is 3.83. The summed E-state index contributed by atoms with van der Waals surface area (Å²) in [6.07, 6.45) is 0. The number of hydrogen-bond donors (Lipinski definition) is 0. The van der Waals surface area contributed by atoms with Gasteiger partial charge < -0.3 is 9.47 Å². The molecule has 0 unspecified atom stereocenters. The highest BCUT2D eigenvalue weighted by atomic mass is 19.1. The minimum absolute atomic E-state index is 0.0892. The fourth-order valence-corrected chi connectivity index (χ4v) is 3.60. The van der Waals surface area contributed by atoms with Gasteiger partial charge in [0.1, 0.15) is 23.1 Å². The van der Waals surface area contributed by atoms with Crippen molar-refractivity contribution in [1.29, 1.82) is 0 Å².